The third-order valence-electron chi connectivity index (χ3n) is 1.60. The summed E-state index contributed by atoms with van der Waals surface area (Å²) in [6.07, 6.45) is -1.00. The number of carbonyl (C=O) groups is 2. The van der Waals surface area contributed by atoms with Crippen molar-refractivity contribution in [1.82, 2.24) is 0 Å². The van der Waals surface area contributed by atoms with Gasteiger partial charge in [0.15, 0.2) is 0 Å². The minimum Gasteiger partial charge on any atom is -0.363 e. The summed E-state index contributed by atoms with van der Waals surface area (Å²) in [6.45, 7) is 0. The van der Waals surface area contributed by atoms with Gasteiger partial charge in [0.2, 0.25) is 5.17 Å². The second-order valence-corrected chi connectivity index (χ2v) is 3.99. The topological polar surface area (TPSA) is 93.8 Å². The number of hydrogen-bond donors (Lipinski definition) is 2. The molecule has 0 saturated heterocycles. The maximum atomic E-state index is 11.3. The van der Waals surface area contributed by atoms with Crippen LogP contribution in [0, 0.1) is 0 Å². The molecule has 1 aromatic carbocycles. The first-order valence-corrected chi connectivity index (χ1v) is 5.50. The average Bonchev–Trinajstić information content (AvgIpc) is 2.32. The fourth-order valence-electron chi connectivity index (χ4n) is 0.860. The Balaban J connectivity index is 2.69. The Kier molecular flexibility index (Phi) is 5.21. The minimum atomic E-state index is -1.02. The largest absolute Gasteiger partial charge is 0.437 e. The Labute approximate surface area is 117 Å². The van der Waals surface area contributed by atoms with Gasteiger partial charge < -0.3 is 5.73 Å². The maximum Gasteiger partial charge on any atom is 0.437 e. The molecular weight excluding hydrogens is 304 g/mol. The van der Waals surface area contributed by atoms with E-state index in [1.807, 2.05) is 0 Å². The van der Waals surface area contributed by atoms with Gasteiger partial charge in [0, 0.05) is 0 Å². The number of hydrogen-bond acceptors (Lipinski definition) is 4. The number of benzene rings is 1. The fourth-order valence-corrected chi connectivity index (χ4v) is 1.24. The number of nitrogens with one attached hydrogen (secondary N) is 1. The Bertz CT molecular complexity index is 519. The monoisotopic (exact) mass is 309 g/mol. The number of rotatable bonds is 3. The molecule has 0 saturated carbocycles. The van der Waals surface area contributed by atoms with Crippen LogP contribution in [0.2, 0.25) is 10.0 Å². The zero-order valence-electron chi connectivity index (χ0n) is 8.62. The highest BCUT2D eigenvalue weighted by Crippen LogP contribution is 2.29. The average molecular weight is 311 g/mol. The van der Waals surface area contributed by atoms with Gasteiger partial charge in [0.1, 0.15) is 0 Å². The molecule has 6 nitrogen and oxygen atoms in total. The lowest BCUT2D eigenvalue weighted by Gasteiger charge is -2.05. The number of oxime groups is 1. The summed E-state index contributed by atoms with van der Waals surface area (Å²) in [7, 11) is 0. The summed E-state index contributed by atoms with van der Waals surface area (Å²) < 4.78 is 0. The molecule has 3 N–H and O–H groups in total. The van der Waals surface area contributed by atoms with Gasteiger partial charge in [-0.2, -0.15) is 0 Å². The van der Waals surface area contributed by atoms with Gasteiger partial charge in [0.05, 0.1) is 15.7 Å². The summed E-state index contributed by atoms with van der Waals surface area (Å²) in [6, 6.07) is 4.61. The third-order valence-corrected chi connectivity index (χ3v) is 2.67. The summed E-state index contributed by atoms with van der Waals surface area (Å²) in [5, 5.41) is 4.97. The lowest BCUT2D eigenvalue weighted by Crippen LogP contribution is -2.20. The van der Waals surface area contributed by atoms with Crippen molar-refractivity contribution < 1.29 is 14.4 Å². The van der Waals surface area contributed by atoms with Crippen LogP contribution in [0.25, 0.3) is 0 Å². The smallest absolute Gasteiger partial charge is 0.363 e. The van der Waals surface area contributed by atoms with E-state index in [0.717, 1.165) is 0 Å². The first-order chi connectivity index (χ1) is 8.41. The lowest BCUT2D eigenvalue weighted by molar-refractivity contribution is -0.111. The molecule has 96 valence electrons. The molecule has 9 heteroatoms. The number of halogens is 3. The van der Waals surface area contributed by atoms with Crippen LogP contribution in [0.15, 0.2) is 23.4 Å². The van der Waals surface area contributed by atoms with E-state index in [9.17, 15) is 9.59 Å². The highest BCUT2D eigenvalue weighted by molar-refractivity contribution is 6.82. The molecule has 0 aromatic heterocycles. The second-order valence-electron chi connectivity index (χ2n) is 2.85. The SMILES string of the molecule is NC(=O)C(Cl)=NOC(=O)Nc1cccc(Cl)c1Cl. The van der Waals surface area contributed by atoms with Crippen LogP contribution in [0.4, 0.5) is 10.5 Å². The van der Waals surface area contributed by atoms with Gasteiger partial charge in [-0.1, -0.05) is 46.0 Å². The molecule has 2 amide bonds. The minimum absolute atomic E-state index is 0.140. The fraction of sp³-hybridized carbons (Fsp3) is 0. The van der Waals surface area contributed by atoms with E-state index >= 15 is 0 Å². The Morgan fingerprint density at radius 2 is 2.00 bits per heavy atom. The van der Waals surface area contributed by atoms with Crippen molar-refractivity contribution >= 4 is 57.7 Å². The third kappa shape index (κ3) is 4.06. The van der Waals surface area contributed by atoms with E-state index in [0.29, 0.717) is 0 Å². The zero-order chi connectivity index (χ0) is 13.7. The van der Waals surface area contributed by atoms with Crippen molar-refractivity contribution in [3.63, 3.8) is 0 Å². The van der Waals surface area contributed by atoms with Crippen LogP contribution in [0.3, 0.4) is 0 Å². The Morgan fingerprint density at radius 1 is 1.33 bits per heavy atom. The summed E-state index contributed by atoms with van der Waals surface area (Å²) in [5.41, 5.74) is 4.99. The van der Waals surface area contributed by atoms with E-state index in [2.05, 4.69) is 15.3 Å². The highest BCUT2D eigenvalue weighted by Gasteiger charge is 2.10. The van der Waals surface area contributed by atoms with Crippen LogP contribution in [0.5, 0.6) is 0 Å². The molecule has 0 aliphatic carbocycles. The molecule has 0 heterocycles. The van der Waals surface area contributed by atoms with Crippen LogP contribution < -0.4 is 11.1 Å². The predicted octanol–water partition coefficient (Wildman–Crippen LogP) is 2.58. The van der Waals surface area contributed by atoms with Crippen LogP contribution in [-0.4, -0.2) is 17.2 Å². The molecule has 1 aromatic rings. The first kappa shape index (κ1) is 14.6. The van der Waals surface area contributed by atoms with Gasteiger partial charge in [-0.05, 0) is 12.1 Å². The molecule has 0 fully saturated rings. The molecule has 0 radical (unpaired) electrons. The van der Waals surface area contributed by atoms with Crippen LogP contribution in [-0.2, 0) is 9.63 Å². The Hall–Kier alpha value is -1.50. The second kappa shape index (κ2) is 6.44. The van der Waals surface area contributed by atoms with Gasteiger partial charge in [-0.25, -0.2) is 4.79 Å². The van der Waals surface area contributed by atoms with Gasteiger partial charge >= 0.3 is 6.09 Å². The van der Waals surface area contributed by atoms with E-state index in [1.165, 1.54) is 6.07 Å². The van der Waals surface area contributed by atoms with Gasteiger partial charge in [-0.3, -0.25) is 14.9 Å². The van der Waals surface area contributed by atoms with Crippen molar-refractivity contribution in [2.75, 3.05) is 5.32 Å². The van der Waals surface area contributed by atoms with Crippen molar-refractivity contribution in [3.05, 3.63) is 28.2 Å². The number of anilines is 1. The number of amides is 2. The van der Waals surface area contributed by atoms with Crippen molar-refractivity contribution in [2.24, 2.45) is 10.9 Å². The molecule has 0 spiro atoms. The zero-order valence-corrected chi connectivity index (χ0v) is 10.9. The molecule has 0 atom stereocenters. The van der Waals surface area contributed by atoms with Crippen molar-refractivity contribution in [3.8, 4) is 0 Å². The van der Waals surface area contributed by atoms with Crippen molar-refractivity contribution in [1.29, 1.82) is 0 Å². The normalized spacial score (nSPS) is 10.9. The lowest BCUT2D eigenvalue weighted by atomic mass is 10.3. The number of primary amides is 1. The standard InChI is InChI=1S/C9H6Cl3N3O3/c10-4-2-1-3-5(6(4)11)14-9(17)18-15-7(12)8(13)16/h1-3H,(H2,13,16)(H,14,17). The van der Waals surface area contributed by atoms with E-state index in [1.54, 1.807) is 12.1 Å². The maximum absolute atomic E-state index is 11.3. The van der Waals surface area contributed by atoms with Crippen LogP contribution >= 0.6 is 34.8 Å². The van der Waals surface area contributed by atoms with E-state index < -0.39 is 17.2 Å². The molecule has 0 aliphatic rings. The van der Waals surface area contributed by atoms with E-state index in [-0.39, 0.29) is 15.7 Å². The summed E-state index contributed by atoms with van der Waals surface area (Å²) in [4.78, 5) is 26.0. The molecular formula is C9H6Cl3N3O3. The molecule has 0 unspecified atom stereocenters. The molecule has 0 bridgehead atoms. The van der Waals surface area contributed by atoms with Crippen LogP contribution in [0.1, 0.15) is 0 Å². The Morgan fingerprint density at radius 3 is 2.61 bits per heavy atom. The van der Waals surface area contributed by atoms with Gasteiger partial charge in [0.25, 0.3) is 5.91 Å². The summed E-state index contributed by atoms with van der Waals surface area (Å²) in [5.74, 6) is -1.02. The molecule has 1 rings (SSSR count). The van der Waals surface area contributed by atoms with E-state index in [4.69, 9.17) is 40.5 Å². The number of nitrogens with two attached hydrogens (primary N) is 1. The number of carbonyl (C=O) groups excluding carboxylic acids is 2. The quantitative estimate of drug-likeness (QED) is 0.510. The first-order valence-electron chi connectivity index (χ1n) is 4.37. The van der Waals surface area contributed by atoms with Crippen molar-refractivity contribution in [2.45, 2.75) is 0 Å². The molecule has 0 aliphatic heterocycles. The predicted molar refractivity (Wildman–Crippen MR) is 69.0 cm³/mol. The number of nitrogens with zero attached hydrogens (tertiary/aromatic N) is 1. The highest BCUT2D eigenvalue weighted by atomic mass is 35.5. The summed E-state index contributed by atoms with van der Waals surface area (Å²) >= 11 is 16.8. The van der Waals surface area contributed by atoms with Gasteiger partial charge in [-0.15, -0.1) is 0 Å². The molecule has 18 heavy (non-hydrogen) atoms.